The molecule has 4 rings (SSSR count). The van der Waals surface area contributed by atoms with Crippen molar-refractivity contribution in [3.05, 3.63) is 59.0 Å². The Morgan fingerprint density at radius 3 is 2.57 bits per heavy atom. The summed E-state index contributed by atoms with van der Waals surface area (Å²) in [6.45, 7) is 1.96. The summed E-state index contributed by atoms with van der Waals surface area (Å²) in [6, 6.07) is 16.8. The number of nitrogens with zero attached hydrogens (tertiary/aromatic N) is 1. The lowest BCUT2D eigenvalue weighted by Crippen LogP contribution is -2.33. The molecule has 2 N–H and O–H groups in total. The summed E-state index contributed by atoms with van der Waals surface area (Å²) in [5.74, 6) is 0. The summed E-state index contributed by atoms with van der Waals surface area (Å²) in [4.78, 5) is 17.8. The maximum absolute atomic E-state index is 12.4. The maximum Gasteiger partial charge on any atom is 0.326 e. The fourth-order valence-electron chi connectivity index (χ4n) is 3.23. The number of H-pyrrole nitrogens is 1. The van der Waals surface area contributed by atoms with Gasteiger partial charge in [-0.3, -0.25) is 4.57 Å². The first-order chi connectivity index (χ1) is 11.3. The SMILES string of the molecule is O=c1[nH]c2cc(Sc3ccccc3)ccc2n1C1CCNCC1. The van der Waals surface area contributed by atoms with Crippen molar-refractivity contribution >= 4 is 22.8 Å². The van der Waals surface area contributed by atoms with Crippen LogP contribution in [0.25, 0.3) is 11.0 Å². The largest absolute Gasteiger partial charge is 0.326 e. The van der Waals surface area contributed by atoms with Crippen LogP contribution in [0.4, 0.5) is 0 Å². The first-order valence-electron chi connectivity index (χ1n) is 7.99. The van der Waals surface area contributed by atoms with Gasteiger partial charge in [0.25, 0.3) is 0 Å². The molecule has 4 nitrogen and oxygen atoms in total. The molecule has 0 atom stereocenters. The monoisotopic (exact) mass is 325 g/mol. The zero-order chi connectivity index (χ0) is 15.6. The number of hydrogen-bond donors (Lipinski definition) is 2. The summed E-state index contributed by atoms with van der Waals surface area (Å²) >= 11 is 1.71. The van der Waals surface area contributed by atoms with Gasteiger partial charge >= 0.3 is 5.69 Å². The van der Waals surface area contributed by atoms with Gasteiger partial charge in [-0.1, -0.05) is 30.0 Å². The van der Waals surface area contributed by atoms with Crippen molar-refractivity contribution < 1.29 is 0 Å². The second-order valence-electron chi connectivity index (χ2n) is 5.88. The molecule has 23 heavy (non-hydrogen) atoms. The zero-order valence-corrected chi connectivity index (χ0v) is 13.6. The van der Waals surface area contributed by atoms with Crippen LogP contribution in [0.15, 0.2) is 63.1 Å². The topological polar surface area (TPSA) is 49.8 Å². The van der Waals surface area contributed by atoms with Crippen LogP contribution in [0.3, 0.4) is 0 Å². The Morgan fingerprint density at radius 1 is 1.00 bits per heavy atom. The Kier molecular flexibility index (Phi) is 3.97. The minimum atomic E-state index is 0.00811. The molecule has 0 aliphatic carbocycles. The van der Waals surface area contributed by atoms with Crippen molar-refractivity contribution in [2.75, 3.05) is 13.1 Å². The fraction of sp³-hybridized carbons (Fsp3) is 0.278. The van der Waals surface area contributed by atoms with Crippen LogP contribution in [0.2, 0.25) is 0 Å². The molecule has 5 heteroatoms. The van der Waals surface area contributed by atoms with Gasteiger partial charge < -0.3 is 10.3 Å². The van der Waals surface area contributed by atoms with Gasteiger partial charge in [-0.15, -0.1) is 0 Å². The minimum Gasteiger partial charge on any atom is -0.317 e. The second-order valence-corrected chi connectivity index (χ2v) is 7.02. The molecule has 1 fully saturated rings. The molecule has 1 aliphatic rings. The molecule has 0 radical (unpaired) electrons. The number of fused-ring (bicyclic) bond motifs is 1. The van der Waals surface area contributed by atoms with Crippen molar-refractivity contribution in [2.24, 2.45) is 0 Å². The number of rotatable bonds is 3. The Morgan fingerprint density at radius 2 is 1.78 bits per heavy atom. The van der Waals surface area contributed by atoms with E-state index >= 15 is 0 Å². The van der Waals surface area contributed by atoms with E-state index < -0.39 is 0 Å². The van der Waals surface area contributed by atoms with Crippen LogP contribution in [0.1, 0.15) is 18.9 Å². The lowest BCUT2D eigenvalue weighted by molar-refractivity contribution is 0.368. The first kappa shape index (κ1) is 14.6. The molecule has 2 heterocycles. The molecule has 0 spiro atoms. The number of imidazole rings is 1. The smallest absolute Gasteiger partial charge is 0.317 e. The van der Waals surface area contributed by atoms with Gasteiger partial charge in [-0.25, -0.2) is 4.79 Å². The molecule has 1 aromatic heterocycles. The molecule has 1 aliphatic heterocycles. The standard InChI is InChI=1S/C18H19N3OS/c22-18-20-16-12-15(23-14-4-2-1-3-5-14)6-7-17(16)21(18)13-8-10-19-11-9-13/h1-7,12-13,19H,8-11H2,(H,20,22). The quantitative estimate of drug-likeness (QED) is 0.776. The highest BCUT2D eigenvalue weighted by Crippen LogP contribution is 2.30. The van der Waals surface area contributed by atoms with Crippen LogP contribution < -0.4 is 11.0 Å². The van der Waals surface area contributed by atoms with E-state index in [9.17, 15) is 4.79 Å². The number of hydrogen-bond acceptors (Lipinski definition) is 3. The van der Waals surface area contributed by atoms with Crippen molar-refractivity contribution in [1.82, 2.24) is 14.9 Å². The van der Waals surface area contributed by atoms with Crippen LogP contribution >= 0.6 is 11.8 Å². The van der Waals surface area contributed by atoms with Gasteiger partial charge in [0.1, 0.15) is 0 Å². The van der Waals surface area contributed by atoms with Gasteiger partial charge in [-0.2, -0.15) is 0 Å². The van der Waals surface area contributed by atoms with Crippen molar-refractivity contribution in [2.45, 2.75) is 28.7 Å². The molecule has 1 saturated heterocycles. The highest BCUT2D eigenvalue weighted by molar-refractivity contribution is 7.99. The third-order valence-corrected chi connectivity index (χ3v) is 5.34. The van der Waals surface area contributed by atoms with Crippen molar-refractivity contribution in [3.8, 4) is 0 Å². The van der Waals surface area contributed by atoms with Gasteiger partial charge in [-0.05, 0) is 56.3 Å². The molecule has 0 amide bonds. The van der Waals surface area contributed by atoms with Crippen LogP contribution in [0, 0.1) is 0 Å². The van der Waals surface area contributed by atoms with Crippen molar-refractivity contribution in [1.29, 1.82) is 0 Å². The van der Waals surface area contributed by atoms with E-state index in [0.29, 0.717) is 6.04 Å². The maximum atomic E-state index is 12.4. The summed E-state index contributed by atoms with van der Waals surface area (Å²) < 4.78 is 1.94. The van der Waals surface area contributed by atoms with Crippen LogP contribution in [-0.4, -0.2) is 22.6 Å². The van der Waals surface area contributed by atoms with E-state index in [4.69, 9.17) is 0 Å². The summed E-state index contributed by atoms with van der Waals surface area (Å²) in [5, 5.41) is 3.35. The van der Waals surface area contributed by atoms with E-state index in [-0.39, 0.29) is 5.69 Å². The number of aromatic nitrogens is 2. The predicted octanol–water partition coefficient (Wildman–Crippen LogP) is 3.41. The molecule has 0 bridgehead atoms. The van der Waals surface area contributed by atoms with Crippen LogP contribution in [-0.2, 0) is 0 Å². The van der Waals surface area contributed by atoms with Gasteiger partial charge in [0, 0.05) is 15.8 Å². The zero-order valence-electron chi connectivity index (χ0n) is 12.8. The van der Waals surface area contributed by atoms with E-state index in [1.165, 1.54) is 4.90 Å². The van der Waals surface area contributed by atoms with Gasteiger partial charge in [0.15, 0.2) is 0 Å². The number of nitrogens with one attached hydrogen (secondary N) is 2. The summed E-state index contributed by atoms with van der Waals surface area (Å²) in [6.07, 6.45) is 2.01. The summed E-state index contributed by atoms with van der Waals surface area (Å²) in [7, 11) is 0. The van der Waals surface area contributed by atoms with Gasteiger partial charge in [0.2, 0.25) is 0 Å². The first-order valence-corrected chi connectivity index (χ1v) is 8.81. The van der Waals surface area contributed by atoms with Crippen LogP contribution in [0.5, 0.6) is 0 Å². The molecule has 0 unspecified atom stereocenters. The summed E-state index contributed by atoms with van der Waals surface area (Å²) in [5.41, 5.74) is 1.95. The molecular formula is C18H19N3OS. The Balaban J connectivity index is 1.69. The van der Waals surface area contributed by atoms with Crippen molar-refractivity contribution in [3.63, 3.8) is 0 Å². The molecule has 118 valence electrons. The average molecular weight is 325 g/mol. The van der Waals surface area contributed by atoms with E-state index in [0.717, 1.165) is 41.9 Å². The Labute approximate surface area is 138 Å². The highest BCUT2D eigenvalue weighted by Gasteiger charge is 2.19. The normalized spacial score (nSPS) is 16.0. The second kappa shape index (κ2) is 6.26. The average Bonchev–Trinajstić information content (AvgIpc) is 2.91. The minimum absolute atomic E-state index is 0.00811. The lowest BCUT2D eigenvalue weighted by atomic mass is 10.1. The lowest BCUT2D eigenvalue weighted by Gasteiger charge is -2.23. The fourth-order valence-corrected chi connectivity index (χ4v) is 4.10. The van der Waals surface area contributed by atoms with Gasteiger partial charge in [0.05, 0.1) is 11.0 Å². The third-order valence-electron chi connectivity index (χ3n) is 4.34. The third kappa shape index (κ3) is 2.94. The molecule has 0 saturated carbocycles. The molecule has 3 aromatic rings. The molecular weight excluding hydrogens is 306 g/mol. The Hall–Kier alpha value is -1.98. The van der Waals surface area contributed by atoms with E-state index in [2.05, 4.69) is 40.6 Å². The number of aromatic amines is 1. The highest BCUT2D eigenvalue weighted by atomic mass is 32.2. The number of piperidine rings is 1. The number of benzene rings is 2. The van der Waals surface area contributed by atoms with E-state index in [1.54, 1.807) is 11.8 Å². The Bertz CT molecular complexity index is 863. The van der Waals surface area contributed by atoms with E-state index in [1.807, 2.05) is 22.8 Å². The molecule has 2 aromatic carbocycles. The predicted molar refractivity (Wildman–Crippen MR) is 94.3 cm³/mol.